The number of hydrogen-bond acceptors (Lipinski definition) is 2. The van der Waals surface area contributed by atoms with Crippen molar-refractivity contribution in [2.45, 2.75) is 13.3 Å². The van der Waals surface area contributed by atoms with Crippen molar-refractivity contribution >= 4 is 10.8 Å². The maximum Gasteiger partial charge on any atom is 0.127 e. The fourth-order valence-corrected chi connectivity index (χ4v) is 2.09. The Morgan fingerprint density at radius 1 is 1.06 bits per heavy atom. The molecule has 0 heterocycles. The summed E-state index contributed by atoms with van der Waals surface area (Å²) in [5, 5.41) is 5.70. The van der Waals surface area contributed by atoms with Crippen LogP contribution in [0.1, 0.15) is 12.5 Å². The van der Waals surface area contributed by atoms with Gasteiger partial charge in [0.25, 0.3) is 0 Å². The lowest BCUT2D eigenvalue weighted by atomic mass is 10.0. The summed E-state index contributed by atoms with van der Waals surface area (Å²) in [6.45, 7) is 3.72. The van der Waals surface area contributed by atoms with Gasteiger partial charge < -0.3 is 10.1 Å². The smallest absolute Gasteiger partial charge is 0.127 e. The number of nitrogens with one attached hydrogen (secondary N) is 1. The van der Waals surface area contributed by atoms with Crippen LogP contribution >= 0.6 is 0 Å². The summed E-state index contributed by atoms with van der Waals surface area (Å²) in [4.78, 5) is 0. The van der Waals surface area contributed by atoms with Crippen LogP contribution in [0.25, 0.3) is 10.8 Å². The predicted molar refractivity (Wildman–Crippen MR) is 72.7 cm³/mol. The van der Waals surface area contributed by atoms with Crippen LogP contribution < -0.4 is 10.1 Å². The van der Waals surface area contributed by atoms with Crippen LogP contribution in [0.15, 0.2) is 36.4 Å². The zero-order valence-electron chi connectivity index (χ0n) is 10.5. The van der Waals surface area contributed by atoms with Gasteiger partial charge in [-0.2, -0.15) is 0 Å². The van der Waals surface area contributed by atoms with E-state index in [1.165, 1.54) is 16.3 Å². The largest absolute Gasteiger partial charge is 0.493 e. The van der Waals surface area contributed by atoms with Gasteiger partial charge in [-0.1, -0.05) is 30.3 Å². The molecule has 2 rings (SSSR count). The van der Waals surface area contributed by atoms with Crippen LogP contribution in [-0.4, -0.2) is 20.2 Å². The summed E-state index contributed by atoms with van der Waals surface area (Å²) in [5.74, 6) is 0.983. The molecular weight excluding hydrogens is 210 g/mol. The molecule has 0 aromatic heterocycles. The molecule has 0 radical (unpaired) electrons. The Morgan fingerprint density at radius 2 is 1.82 bits per heavy atom. The second kappa shape index (κ2) is 5.69. The van der Waals surface area contributed by atoms with Crippen molar-refractivity contribution in [3.63, 3.8) is 0 Å². The number of benzene rings is 2. The summed E-state index contributed by atoms with van der Waals surface area (Å²) in [6, 6.07) is 12.7. The summed E-state index contributed by atoms with van der Waals surface area (Å²) in [6.07, 6.45) is 1.05. The molecule has 0 saturated heterocycles. The molecule has 90 valence electrons. The molecule has 0 aliphatic carbocycles. The molecule has 0 saturated carbocycles. The number of hydrogen-bond donors (Lipinski definition) is 1. The van der Waals surface area contributed by atoms with Gasteiger partial charge in [-0.3, -0.25) is 0 Å². The molecule has 0 spiro atoms. The van der Waals surface area contributed by atoms with E-state index in [4.69, 9.17) is 4.74 Å². The van der Waals surface area contributed by atoms with Crippen LogP contribution in [-0.2, 0) is 6.42 Å². The van der Waals surface area contributed by atoms with Gasteiger partial charge in [-0.05, 0) is 44.0 Å². The molecule has 0 amide bonds. The summed E-state index contributed by atoms with van der Waals surface area (Å²) >= 11 is 0. The maximum atomic E-state index is 5.66. The zero-order valence-corrected chi connectivity index (χ0v) is 10.5. The number of ether oxygens (including phenoxy) is 1. The summed E-state index contributed by atoms with van der Waals surface area (Å²) in [5.41, 5.74) is 1.37. The predicted octanol–water partition coefficient (Wildman–Crippen LogP) is 3.00. The van der Waals surface area contributed by atoms with Crippen molar-refractivity contribution in [1.29, 1.82) is 0 Å². The lowest BCUT2D eigenvalue weighted by Crippen LogP contribution is -2.10. The molecule has 17 heavy (non-hydrogen) atoms. The molecule has 2 aromatic rings. The number of rotatable bonds is 5. The molecule has 0 atom stereocenters. The third kappa shape index (κ3) is 2.59. The minimum absolute atomic E-state index is 0.708. The van der Waals surface area contributed by atoms with Gasteiger partial charge in [0, 0.05) is 5.39 Å². The van der Waals surface area contributed by atoms with Crippen LogP contribution in [0.5, 0.6) is 5.75 Å². The van der Waals surface area contributed by atoms with E-state index < -0.39 is 0 Å². The van der Waals surface area contributed by atoms with Gasteiger partial charge in [0.1, 0.15) is 5.75 Å². The highest BCUT2D eigenvalue weighted by Gasteiger charge is 2.05. The van der Waals surface area contributed by atoms with Crippen molar-refractivity contribution < 1.29 is 4.74 Å². The second-order valence-electron chi connectivity index (χ2n) is 4.05. The van der Waals surface area contributed by atoms with Gasteiger partial charge in [-0.25, -0.2) is 0 Å². The molecular formula is C15H19NO. The van der Waals surface area contributed by atoms with Crippen molar-refractivity contribution in [3.8, 4) is 5.75 Å². The van der Waals surface area contributed by atoms with Crippen molar-refractivity contribution in [3.05, 3.63) is 42.0 Å². The van der Waals surface area contributed by atoms with E-state index in [-0.39, 0.29) is 0 Å². The summed E-state index contributed by atoms with van der Waals surface area (Å²) < 4.78 is 5.66. The monoisotopic (exact) mass is 229 g/mol. The first-order chi connectivity index (χ1) is 8.36. The Morgan fingerprint density at radius 3 is 2.53 bits per heavy atom. The van der Waals surface area contributed by atoms with E-state index in [1.807, 2.05) is 14.0 Å². The quantitative estimate of drug-likeness (QED) is 0.851. The highest BCUT2D eigenvalue weighted by molar-refractivity contribution is 5.91. The van der Waals surface area contributed by atoms with Crippen LogP contribution in [0.4, 0.5) is 0 Å². The Kier molecular flexibility index (Phi) is 3.99. The highest BCUT2D eigenvalue weighted by atomic mass is 16.5. The van der Waals surface area contributed by atoms with Crippen molar-refractivity contribution in [2.75, 3.05) is 20.2 Å². The Hall–Kier alpha value is -1.54. The second-order valence-corrected chi connectivity index (χ2v) is 4.05. The highest BCUT2D eigenvalue weighted by Crippen LogP contribution is 2.28. The lowest BCUT2D eigenvalue weighted by molar-refractivity contribution is 0.344. The van der Waals surface area contributed by atoms with Crippen molar-refractivity contribution in [2.24, 2.45) is 0 Å². The third-order valence-electron chi connectivity index (χ3n) is 2.92. The van der Waals surface area contributed by atoms with E-state index in [0.29, 0.717) is 6.61 Å². The van der Waals surface area contributed by atoms with E-state index >= 15 is 0 Å². The first kappa shape index (κ1) is 11.9. The fourth-order valence-electron chi connectivity index (χ4n) is 2.09. The molecule has 2 nitrogen and oxygen atoms in total. The molecule has 2 heteroatoms. The number of likely N-dealkylation sites (N-methyl/N-ethyl adjacent to an activating group) is 1. The lowest BCUT2D eigenvalue weighted by Gasteiger charge is -2.11. The van der Waals surface area contributed by atoms with Crippen LogP contribution in [0, 0.1) is 0 Å². The van der Waals surface area contributed by atoms with E-state index in [0.717, 1.165) is 18.7 Å². The van der Waals surface area contributed by atoms with Gasteiger partial charge >= 0.3 is 0 Å². The van der Waals surface area contributed by atoms with Gasteiger partial charge in [0.2, 0.25) is 0 Å². The van der Waals surface area contributed by atoms with Crippen molar-refractivity contribution in [1.82, 2.24) is 5.32 Å². The average Bonchev–Trinajstić information content (AvgIpc) is 2.38. The Balaban J connectivity index is 2.46. The maximum absolute atomic E-state index is 5.66. The normalized spacial score (nSPS) is 10.7. The fraction of sp³-hybridized carbons (Fsp3) is 0.333. The van der Waals surface area contributed by atoms with Crippen LogP contribution in [0.3, 0.4) is 0 Å². The summed E-state index contributed by atoms with van der Waals surface area (Å²) in [7, 11) is 1.98. The molecule has 2 aromatic carbocycles. The van der Waals surface area contributed by atoms with Gasteiger partial charge in [0.05, 0.1) is 6.61 Å². The molecule has 1 N–H and O–H groups in total. The standard InChI is InChI=1S/C15H19NO/c1-3-17-15-9-8-12(10-11-16-2)13-6-4-5-7-14(13)15/h4-9,16H,3,10-11H2,1-2H3. The first-order valence-corrected chi connectivity index (χ1v) is 6.15. The number of fused-ring (bicyclic) bond motifs is 1. The zero-order chi connectivity index (χ0) is 12.1. The minimum atomic E-state index is 0.708. The third-order valence-corrected chi connectivity index (χ3v) is 2.92. The molecule has 0 aliphatic rings. The van der Waals surface area contributed by atoms with Gasteiger partial charge in [0.15, 0.2) is 0 Å². The topological polar surface area (TPSA) is 21.3 Å². The molecule has 0 fully saturated rings. The Bertz CT molecular complexity index is 493. The van der Waals surface area contributed by atoms with Crippen LogP contribution in [0.2, 0.25) is 0 Å². The average molecular weight is 229 g/mol. The molecule has 0 aliphatic heterocycles. The molecule has 0 bridgehead atoms. The van der Waals surface area contributed by atoms with E-state index in [1.54, 1.807) is 0 Å². The van der Waals surface area contributed by atoms with E-state index in [9.17, 15) is 0 Å². The van der Waals surface area contributed by atoms with E-state index in [2.05, 4.69) is 41.7 Å². The Labute approximate surface area is 103 Å². The SMILES string of the molecule is CCOc1ccc(CCNC)c2ccccc12. The minimum Gasteiger partial charge on any atom is -0.493 e. The van der Waals surface area contributed by atoms with Gasteiger partial charge in [-0.15, -0.1) is 0 Å². The molecule has 0 unspecified atom stereocenters. The first-order valence-electron chi connectivity index (χ1n) is 6.15.